The van der Waals surface area contributed by atoms with Crippen molar-refractivity contribution in [3.63, 3.8) is 0 Å². The van der Waals surface area contributed by atoms with E-state index in [0.717, 1.165) is 12.1 Å². The standard InChI is InChI=1S/C12H19FN3/c1-12(2,3)16-11(14)7-10(15-16)8-4-5-9(13)6-8/h5,7-9H,4,6,14H2,1-3H3/t8-,9-/m1/s1. The van der Waals surface area contributed by atoms with Crippen LogP contribution in [0.15, 0.2) is 6.07 Å². The van der Waals surface area contributed by atoms with Gasteiger partial charge >= 0.3 is 0 Å². The van der Waals surface area contributed by atoms with Crippen LogP contribution in [0.3, 0.4) is 0 Å². The van der Waals surface area contributed by atoms with Crippen molar-refractivity contribution < 1.29 is 4.39 Å². The minimum atomic E-state index is -0.786. The average Bonchev–Trinajstić information content (AvgIpc) is 2.70. The number of halogens is 1. The van der Waals surface area contributed by atoms with Crippen molar-refractivity contribution in [2.75, 3.05) is 5.73 Å². The summed E-state index contributed by atoms with van der Waals surface area (Å²) in [4.78, 5) is 0. The molecule has 0 saturated heterocycles. The third-order valence-corrected chi connectivity index (χ3v) is 3.00. The van der Waals surface area contributed by atoms with Gasteiger partial charge in [0.15, 0.2) is 0 Å². The molecule has 0 unspecified atom stereocenters. The third-order valence-electron chi connectivity index (χ3n) is 3.00. The minimum Gasteiger partial charge on any atom is -0.384 e. The fourth-order valence-corrected chi connectivity index (χ4v) is 2.17. The maximum Gasteiger partial charge on any atom is 0.122 e. The lowest BCUT2D eigenvalue weighted by Gasteiger charge is -2.20. The van der Waals surface area contributed by atoms with Crippen molar-refractivity contribution in [2.45, 2.75) is 51.2 Å². The number of nitrogen functional groups attached to an aromatic ring is 1. The Morgan fingerprint density at radius 2 is 2.19 bits per heavy atom. The van der Waals surface area contributed by atoms with Crippen molar-refractivity contribution in [1.29, 1.82) is 0 Å². The van der Waals surface area contributed by atoms with Gasteiger partial charge in [0.1, 0.15) is 12.0 Å². The Kier molecular flexibility index (Phi) is 2.68. The first-order chi connectivity index (χ1) is 7.38. The van der Waals surface area contributed by atoms with Crippen LogP contribution in [0.25, 0.3) is 0 Å². The summed E-state index contributed by atoms with van der Waals surface area (Å²) in [7, 11) is 0. The molecule has 1 aliphatic carbocycles. The third kappa shape index (κ3) is 2.06. The number of hydrogen-bond donors (Lipinski definition) is 1. The zero-order valence-electron chi connectivity index (χ0n) is 10.1. The largest absolute Gasteiger partial charge is 0.384 e. The van der Waals surface area contributed by atoms with Crippen LogP contribution >= 0.6 is 0 Å². The molecule has 2 N–H and O–H groups in total. The molecule has 1 radical (unpaired) electrons. The van der Waals surface area contributed by atoms with Crippen LogP contribution in [0.2, 0.25) is 0 Å². The van der Waals surface area contributed by atoms with E-state index in [1.165, 1.54) is 0 Å². The molecule has 0 spiro atoms. The van der Waals surface area contributed by atoms with Crippen LogP contribution in [0.1, 0.15) is 45.2 Å². The minimum absolute atomic E-state index is 0.125. The molecule has 4 heteroatoms. The van der Waals surface area contributed by atoms with Gasteiger partial charge in [0.05, 0.1) is 11.2 Å². The van der Waals surface area contributed by atoms with Gasteiger partial charge in [-0.2, -0.15) is 5.10 Å². The maximum absolute atomic E-state index is 13.1. The van der Waals surface area contributed by atoms with Crippen LogP contribution < -0.4 is 5.73 Å². The fourth-order valence-electron chi connectivity index (χ4n) is 2.17. The lowest BCUT2D eigenvalue weighted by molar-refractivity contribution is 0.353. The van der Waals surface area contributed by atoms with E-state index in [4.69, 9.17) is 5.73 Å². The lowest BCUT2D eigenvalue weighted by atomic mass is 10.0. The summed E-state index contributed by atoms with van der Waals surface area (Å²) in [6, 6.07) is 1.88. The smallest absolute Gasteiger partial charge is 0.122 e. The van der Waals surface area contributed by atoms with E-state index in [1.807, 2.05) is 10.7 Å². The maximum atomic E-state index is 13.1. The Balaban J connectivity index is 2.24. The summed E-state index contributed by atoms with van der Waals surface area (Å²) in [5.41, 5.74) is 6.72. The van der Waals surface area contributed by atoms with Gasteiger partial charge in [-0.25, -0.2) is 9.07 Å². The second-order valence-electron chi connectivity index (χ2n) is 5.50. The first-order valence-corrected chi connectivity index (χ1v) is 5.71. The zero-order chi connectivity index (χ0) is 11.9. The Morgan fingerprint density at radius 1 is 1.50 bits per heavy atom. The highest BCUT2D eigenvalue weighted by atomic mass is 19.1. The number of anilines is 1. The Morgan fingerprint density at radius 3 is 2.62 bits per heavy atom. The number of alkyl halides is 1. The SMILES string of the molecule is CC(C)(C)n1nc([C@@H]2C[CH][C@@H](F)C2)cc1N. The molecule has 2 atom stereocenters. The number of nitrogens with two attached hydrogens (primary N) is 1. The van der Waals surface area contributed by atoms with Crippen LogP contribution in [-0.4, -0.2) is 16.0 Å². The molecule has 1 heterocycles. The van der Waals surface area contributed by atoms with E-state index < -0.39 is 6.17 Å². The molecule has 0 amide bonds. The summed E-state index contributed by atoms with van der Waals surface area (Å²) in [6.45, 7) is 6.16. The molecule has 2 rings (SSSR count). The predicted octanol–water partition coefficient (Wildman–Crippen LogP) is 2.64. The van der Waals surface area contributed by atoms with E-state index in [0.29, 0.717) is 12.2 Å². The molecular weight excluding hydrogens is 205 g/mol. The molecule has 0 aromatic carbocycles. The summed E-state index contributed by atoms with van der Waals surface area (Å²) >= 11 is 0. The monoisotopic (exact) mass is 224 g/mol. The molecular formula is C12H19FN3. The van der Waals surface area contributed by atoms with Gasteiger partial charge in [-0.3, -0.25) is 0 Å². The molecule has 1 aromatic heterocycles. The van der Waals surface area contributed by atoms with E-state index in [9.17, 15) is 4.39 Å². The number of nitrogens with zero attached hydrogens (tertiary/aromatic N) is 2. The van der Waals surface area contributed by atoms with E-state index in [1.54, 1.807) is 6.42 Å². The van der Waals surface area contributed by atoms with Gasteiger partial charge in [-0.05, 0) is 40.0 Å². The van der Waals surface area contributed by atoms with Crippen LogP contribution in [-0.2, 0) is 5.54 Å². The molecule has 0 bridgehead atoms. The summed E-state index contributed by atoms with van der Waals surface area (Å²) in [5, 5.41) is 4.50. The first-order valence-electron chi connectivity index (χ1n) is 5.71. The molecule has 89 valence electrons. The molecule has 1 aromatic rings. The van der Waals surface area contributed by atoms with E-state index in [-0.39, 0.29) is 11.5 Å². The van der Waals surface area contributed by atoms with Gasteiger partial charge in [-0.15, -0.1) is 0 Å². The molecule has 3 nitrogen and oxygen atoms in total. The van der Waals surface area contributed by atoms with Gasteiger partial charge in [0.2, 0.25) is 0 Å². The second kappa shape index (κ2) is 3.75. The van der Waals surface area contributed by atoms with Gasteiger partial charge in [0.25, 0.3) is 0 Å². The zero-order valence-corrected chi connectivity index (χ0v) is 10.1. The highest BCUT2D eigenvalue weighted by Crippen LogP contribution is 2.36. The predicted molar refractivity (Wildman–Crippen MR) is 62.8 cm³/mol. The Labute approximate surface area is 95.8 Å². The number of hydrogen-bond acceptors (Lipinski definition) is 2. The van der Waals surface area contributed by atoms with Crippen LogP contribution in [0.5, 0.6) is 0 Å². The number of rotatable bonds is 1. The Hall–Kier alpha value is -1.06. The molecule has 0 aliphatic heterocycles. The summed E-state index contributed by atoms with van der Waals surface area (Å²) in [5.74, 6) is 0.853. The topological polar surface area (TPSA) is 43.8 Å². The number of aromatic nitrogens is 2. The summed E-state index contributed by atoms with van der Waals surface area (Å²) in [6.07, 6.45) is 2.24. The van der Waals surface area contributed by atoms with Gasteiger partial charge in [-0.1, -0.05) is 0 Å². The quantitative estimate of drug-likeness (QED) is 0.797. The van der Waals surface area contributed by atoms with Crippen molar-refractivity contribution in [3.8, 4) is 0 Å². The molecule has 16 heavy (non-hydrogen) atoms. The van der Waals surface area contributed by atoms with Crippen molar-refractivity contribution in [3.05, 3.63) is 18.2 Å². The van der Waals surface area contributed by atoms with Crippen molar-refractivity contribution >= 4 is 5.82 Å². The first kappa shape index (κ1) is 11.4. The van der Waals surface area contributed by atoms with Gasteiger partial charge in [0, 0.05) is 12.0 Å². The van der Waals surface area contributed by atoms with Crippen LogP contribution in [0, 0.1) is 6.42 Å². The fraction of sp³-hybridized carbons (Fsp3) is 0.667. The van der Waals surface area contributed by atoms with Crippen LogP contribution in [0.4, 0.5) is 10.2 Å². The van der Waals surface area contributed by atoms with Crippen molar-refractivity contribution in [2.24, 2.45) is 0 Å². The van der Waals surface area contributed by atoms with E-state index >= 15 is 0 Å². The normalized spacial score (nSPS) is 26.2. The summed E-state index contributed by atoms with van der Waals surface area (Å²) < 4.78 is 14.9. The highest BCUT2D eigenvalue weighted by molar-refractivity contribution is 5.34. The Bertz CT molecular complexity index is 378. The second-order valence-corrected chi connectivity index (χ2v) is 5.50. The molecule has 1 fully saturated rings. The highest BCUT2D eigenvalue weighted by Gasteiger charge is 2.29. The molecule has 1 saturated carbocycles. The lowest BCUT2D eigenvalue weighted by Crippen LogP contribution is -2.24. The van der Waals surface area contributed by atoms with Crippen molar-refractivity contribution in [1.82, 2.24) is 9.78 Å². The van der Waals surface area contributed by atoms with E-state index in [2.05, 4.69) is 25.9 Å². The molecule has 1 aliphatic rings. The average molecular weight is 224 g/mol. The van der Waals surface area contributed by atoms with Gasteiger partial charge < -0.3 is 5.73 Å².